The predicted octanol–water partition coefficient (Wildman–Crippen LogP) is 3.21. The maximum atomic E-state index is 12.3. The number of carbonyl (C=O) groups is 1. The Balaban J connectivity index is 0.00000324. The first-order valence-corrected chi connectivity index (χ1v) is 7.22. The van der Waals surface area contributed by atoms with Crippen LogP contribution < -0.4 is 5.73 Å². The molecule has 3 nitrogen and oxygen atoms in total. The van der Waals surface area contributed by atoms with Gasteiger partial charge in [0.1, 0.15) is 0 Å². The lowest BCUT2D eigenvalue weighted by atomic mass is 9.71. The van der Waals surface area contributed by atoms with Crippen molar-refractivity contribution in [2.45, 2.75) is 59.3 Å². The van der Waals surface area contributed by atoms with E-state index in [9.17, 15) is 4.79 Å². The number of nitrogens with two attached hydrogens (primary N) is 1. The summed E-state index contributed by atoms with van der Waals surface area (Å²) in [5.74, 6) is 0.261. The zero-order valence-electron chi connectivity index (χ0n) is 13.0. The Hall–Kier alpha value is -0.280. The molecule has 0 heterocycles. The summed E-state index contributed by atoms with van der Waals surface area (Å²) in [6, 6.07) is 0. The highest BCUT2D eigenvalue weighted by atomic mass is 35.5. The van der Waals surface area contributed by atoms with Crippen molar-refractivity contribution in [2.75, 3.05) is 20.1 Å². The number of hydrogen-bond donors (Lipinski definition) is 1. The molecule has 0 aromatic rings. The van der Waals surface area contributed by atoms with Crippen LogP contribution in [0.3, 0.4) is 0 Å². The van der Waals surface area contributed by atoms with Gasteiger partial charge in [0.15, 0.2) is 0 Å². The molecule has 0 spiro atoms. The Morgan fingerprint density at radius 1 is 1.21 bits per heavy atom. The first-order chi connectivity index (χ1) is 8.28. The molecule has 1 saturated carbocycles. The van der Waals surface area contributed by atoms with Crippen LogP contribution in [0.1, 0.15) is 59.3 Å². The smallest absolute Gasteiger partial charge is 0.222 e. The number of carbonyl (C=O) groups excluding carboxylic acids is 1. The van der Waals surface area contributed by atoms with Crippen LogP contribution >= 0.6 is 12.4 Å². The highest BCUT2D eigenvalue weighted by Gasteiger charge is 2.34. The van der Waals surface area contributed by atoms with Gasteiger partial charge in [0, 0.05) is 20.0 Å². The van der Waals surface area contributed by atoms with Crippen molar-refractivity contribution in [3.05, 3.63) is 0 Å². The van der Waals surface area contributed by atoms with Gasteiger partial charge in [0.2, 0.25) is 5.91 Å². The number of hydrogen-bond acceptors (Lipinski definition) is 2. The summed E-state index contributed by atoms with van der Waals surface area (Å²) in [6.45, 7) is 7.96. The maximum Gasteiger partial charge on any atom is 0.222 e. The predicted molar refractivity (Wildman–Crippen MR) is 83.5 cm³/mol. The zero-order valence-corrected chi connectivity index (χ0v) is 13.8. The average molecular weight is 291 g/mol. The summed E-state index contributed by atoms with van der Waals surface area (Å²) in [4.78, 5) is 14.2. The number of rotatable bonds is 4. The zero-order chi connectivity index (χ0) is 13.8. The molecule has 0 saturated heterocycles. The molecule has 0 unspecified atom stereocenters. The molecule has 0 aromatic carbocycles. The molecule has 0 bridgehead atoms. The lowest BCUT2D eigenvalue weighted by Gasteiger charge is -2.37. The van der Waals surface area contributed by atoms with Crippen molar-refractivity contribution in [1.29, 1.82) is 0 Å². The van der Waals surface area contributed by atoms with Gasteiger partial charge in [-0.2, -0.15) is 0 Å². The maximum absolute atomic E-state index is 12.3. The fourth-order valence-corrected chi connectivity index (χ4v) is 3.01. The van der Waals surface area contributed by atoms with Gasteiger partial charge in [-0.05, 0) is 30.2 Å². The SMILES string of the molecule is CN(CC(C)(C)C)C(=O)CC1(CN)CCCCC1.Cl. The van der Waals surface area contributed by atoms with Gasteiger partial charge >= 0.3 is 0 Å². The molecular weight excluding hydrogens is 260 g/mol. The monoisotopic (exact) mass is 290 g/mol. The Morgan fingerprint density at radius 2 is 1.74 bits per heavy atom. The van der Waals surface area contributed by atoms with Gasteiger partial charge in [-0.3, -0.25) is 4.79 Å². The molecular formula is C15H31ClN2O. The van der Waals surface area contributed by atoms with E-state index in [0.717, 1.165) is 19.4 Å². The van der Waals surface area contributed by atoms with Crippen LogP contribution in [0.25, 0.3) is 0 Å². The Bertz CT molecular complexity index is 280. The third kappa shape index (κ3) is 6.13. The van der Waals surface area contributed by atoms with E-state index >= 15 is 0 Å². The summed E-state index contributed by atoms with van der Waals surface area (Å²) in [5.41, 5.74) is 6.19. The van der Waals surface area contributed by atoms with E-state index in [2.05, 4.69) is 20.8 Å². The highest BCUT2D eigenvalue weighted by Crippen LogP contribution is 2.38. The van der Waals surface area contributed by atoms with Gasteiger partial charge in [-0.25, -0.2) is 0 Å². The fraction of sp³-hybridized carbons (Fsp3) is 0.933. The molecule has 1 rings (SSSR count). The average Bonchev–Trinajstić information content (AvgIpc) is 2.28. The van der Waals surface area contributed by atoms with Crippen LogP contribution in [0.5, 0.6) is 0 Å². The second kappa shape index (κ2) is 7.49. The number of amides is 1. The van der Waals surface area contributed by atoms with Crippen molar-refractivity contribution >= 4 is 18.3 Å². The molecule has 19 heavy (non-hydrogen) atoms. The molecule has 1 fully saturated rings. The molecule has 1 aliphatic carbocycles. The second-order valence-electron chi connectivity index (χ2n) is 7.25. The molecule has 1 amide bonds. The topological polar surface area (TPSA) is 46.3 Å². The summed E-state index contributed by atoms with van der Waals surface area (Å²) >= 11 is 0. The van der Waals surface area contributed by atoms with Gasteiger partial charge in [-0.15, -0.1) is 12.4 Å². The summed E-state index contributed by atoms with van der Waals surface area (Å²) in [7, 11) is 1.92. The number of halogens is 1. The van der Waals surface area contributed by atoms with Crippen LogP contribution in [-0.2, 0) is 4.79 Å². The molecule has 1 aliphatic rings. The fourth-order valence-electron chi connectivity index (χ4n) is 3.01. The van der Waals surface area contributed by atoms with E-state index in [1.807, 2.05) is 11.9 Å². The van der Waals surface area contributed by atoms with E-state index in [0.29, 0.717) is 13.0 Å². The van der Waals surface area contributed by atoms with Crippen molar-refractivity contribution in [3.63, 3.8) is 0 Å². The van der Waals surface area contributed by atoms with Crippen LogP contribution in [0, 0.1) is 10.8 Å². The molecule has 114 valence electrons. The van der Waals surface area contributed by atoms with Crippen LogP contribution in [0.15, 0.2) is 0 Å². The minimum absolute atomic E-state index is 0. The lowest BCUT2D eigenvalue weighted by molar-refractivity contribution is -0.134. The molecule has 0 aromatic heterocycles. The second-order valence-corrected chi connectivity index (χ2v) is 7.25. The Morgan fingerprint density at radius 3 is 2.16 bits per heavy atom. The molecule has 2 N–H and O–H groups in total. The first-order valence-electron chi connectivity index (χ1n) is 7.22. The van der Waals surface area contributed by atoms with Gasteiger partial charge in [-0.1, -0.05) is 40.0 Å². The van der Waals surface area contributed by atoms with E-state index in [-0.39, 0.29) is 29.1 Å². The third-order valence-electron chi connectivity index (χ3n) is 4.01. The Kier molecular flexibility index (Phi) is 7.38. The van der Waals surface area contributed by atoms with E-state index in [1.54, 1.807) is 0 Å². The third-order valence-corrected chi connectivity index (χ3v) is 4.01. The van der Waals surface area contributed by atoms with Crippen LogP contribution in [0.4, 0.5) is 0 Å². The standard InChI is InChI=1S/C15H30N2O.ClH/c1-14(2,3)12-17(4)13(18)10-15(11-16)8-6-5-7-9-15;/h5-12,16H2,1-4H3;1H. The van der Waals surface area contributed by atoms with Gasteiger partial charge in [0.25, 0.3) is 0 Å². The van der Waals surface area contributed by atoms with Crippen molar-refractivity contribution in [3.8, 4) is 0 Å². The van der Waals surface area contributed by atoms with Crippen LogP contribution in [-0.4, -0.2) is 30.9 Å². The summed E-state index contributed by atoms with van der Waals surface area (Å²) in [5, 5.41) is 0. The molecule has 4 heteroatoms. The molecule has 0 atom stereocenters. The Labute approximate surface area is 124 Å². The van der Waals surface area contributed by atoms with Gasteiger partial charge < -0.3 is 10.6 Å². The van der Waals surface area contributed by atoms with Crippen molar-refractivity contribution in [1.82, 2.24) is 4.90 Å². The molecule has 0 radical (unpaired) electrons. The summed E-state index contributed by atoms with van der Waals surface area (Å²) in [6.07, 6.45) is 6.64. The molecule has 0 aliphatic heterocycles. The number of nitrogens with zero attached hydrogens (tertiary/aromatic N) is 1. The lowest BCUT2D eigenvalue weighted by Crippen LogP contribution is -2.41. The van der Waals surface area contributed by atoms with Gasteiger partial charge in [0.05, 0.1) is 0 Å². The minimum Gasteiger partial charge on any atom is -0.345 e. The first kappa shape index (κ1) is 18.7. The highest BCUT2D eigenvalue weighted by molar-refractivity contribution is 5.85. The normalized spacial score (nSPS) is 18.6. The minimum atomic E-state index is 0. The van der Waals surface area contributed by atoms with E-state index in [1.165, 1.54) is 19.3 Å². The van der Waals surface area contributed by atoms with E-state index in [4.69, 9.17) is 5.73 Å². The van der Waals surface area contributed by atoms with Crippen LogP contribution in [0.2, 0.25) is 0 Å². The van der Waals surface area contributed by atoms with E-state index < -0.39 is 0 Å². The quantitative estimate of drug-likeness (QED) is 0.864. The van der Waals surface area contributed by atoms with Crippen molar-refractivity contribution in [2.24, 2.45) is 16.6 Å². The van der Waals surface area contributed by atoms with Crippen molar-refractivity contribution < 1.29 is 4.79 Å². The summed E-state index contributed by atoms with van der Waals surface area (Å²) < 4.78 is 0. The largest absolute Gasteiger partial charge is 0.345 e.